The van der Waals surface area contributed by atoms with Crippen LogP contribution < -0.4 is 10.2 Å². The molecule has 0 aromatic heterocycles. The van der Waals surface area contributed by atoms with E-state index in [1.165, 1.54) is 0 Å². The number of anilines is 1. The topological polar surface area (TPSA) is 15.3 Å². The summed E-state index contributed by atoms with van der Waals surface area (Å²) < 4.78 is 31.1. The van der Waals surface area contributed by atoms with E-state index in [0.29, 0.717) is 5.70 Å². The average molecular weight is 206 g/mol. The highest BCUT2D eigenvalue weighted by atomic mass is 15.3. The number of nitrogens with zero attached hydrogens (tertiary/aromatic N) is 1. The number of rotatable bonds is 1. The third-order valence-electron chi connectivity index (χ3n) is 2.82. The van der Waals surface area contributed by atoms with Crippen LogP contribution in [0.3, 0.4) is 0 Å². The molecule has 1 unspecified atom stereocenters. The molecular formula is C13H18N2. The molecule has 2 nitrogen and oxygen atoms in total. The van der Waals surface area contributed by atoms with Gasteiger partial charge >= 0.3 is 0 Å². The predicted octanol–water partition coefficient (Wildman–Crippen LogP) is 3.00. The first-order chi connectivity index (χ1) is 8.75. The molecule has 1 aromatic carbocycles. The highest BCUT2D eigenvalue weighted by Gasteiger charge is 2.24. The van der Waals surface area contributed by atoms with Crippen LogP contribution in [0.4, 0.5) is 5.69 Å². The van der Waals surface area contributed by atoms with Gasteiger partial charge in [-0.05, 0) is 39.3 Å². The Morgan fingerprint density at radius 1 is 1.33 bits per heavy atom. The number of aryl methyl sites for hydroxylation is 1. The maximum absolute atomic E-state index is 8.01. The molecule has 0 aliphatic carbocycles. The Bertz CT molecular complexity index is 522. The normalized spacial score (nSPS) is 26.2. The van der Waals surface area contributed by atoms with Crippen molar-refractivity contribution >= 4 is 5.69 Å². The molecule has 1 aromatic rings. The Morgan fingerprint density at radius 3 is 2.73 bits per heavy atom. The lowest BCUT2D eigenvalue weighted by atomic mass is 10.1. The maximum Gasteiger partial charge on any atom is 0.162 e. The van der Waals surface area contributed by atoms with E-state index in [1.807, 2.05) is 38.1 Å². The van der Waals surface area contributed by atoms with Crippen molar-refractivity contribution in [3.63, 3.8) is 0 Å². The van der Waals surface area contributed by atoms with Crippen LogP contribution >= 0.6 is 0 Å². The lowest BCUT2D eigenvalue weighted by molar-refractivity contribution is 0.660. The first-order valence-electron chi connectivity index (χ1n) is 7.00. The molecule has 15 heavy (non-hydrogen) atoms. The summed E-state index contributed by atoms with van der Waals surface area (Å²) in [6, 6.07) is 7.64. The Balaban J connectivity index is 2.55. The summed E-state index contributed by atoms with van der Waals surface area (Å²) in [4.78, 5) is 1.74. The fourth-order valence-electron chi connectivity index (χ4n) is 1.84. The van der Waals surface area contributed by atoms with Crippen molar-refractivity contribution in [3.8, 4) is 0 Å². The minimum Gasteiger partial charge on any atom is -0.367 e. The molecule has 2 rings (SSSR count). The number of nitrogens with one attached hydrogen (secondary N) is 1. The Labute approximate surface area is 97.3 Å². The third-order valence-corrected chi connectivity index (χ3v) is 2.82. The maximum atomic E-state index is 8.01. The summed E-state index contributed by atoms with van der Waals surface area (Å²) in [5.74, 6) is 0. The van der Waals surface area contributed by atoms with Crippen LogP contribution in [0.25, 0.3) is 0 Å². The highest BCUT2D eigenvalue weighted by molar-refractivity contribution is 5.60. The van der Waals surface area contributed by atoms with Gasteiger partial charge in [0.1, 0.15) is 6.17 Å². The van der Waals surface area contributed by atoms with Crippen molar-refractivity contribution in [1.82, 2.24) is 5.31 Å². The standard InChI is InChI=1S/C13H18N2/c1-9-7-5-6-8-13(9)15-11(3)10(2)14-12(15)4/h5-8,12,14H,1-4H3/i4D3/hD. The summed E-state index contributed by atoms with van der Waals surface area (Å²) >= 11 is 0. The van der Waals surface area contributed by atoms with Gasteiger partial charge in [-0.3, -0.25) is 0 Å². The second-order valence-corrected chi connectivity index (χ2v) is 3.83. The zero-order valence-corrected chi connectivity index (χ0v) is 9.28. The number of para-hydroxylation sites is 1. The van der Waals surface area contributed by atoms with E-state index in [4.69, 9.17) is 5.52 Å². The second-order valence-electron chi connectivity index (χ2n) is 3.83. The molecule has 0 amide bonds. The molecule has 0 spiro atoms. The summed E-state index contributed by atoms with van der Waals surface area (Å²) in [6.07, 6.45) is -0.964. The number of hydrogen-bond donors (Lipinski definition) is 1. The number of hydrogen-bond acceptors (Lipinski definition) is 2. The van der Waals surface area contributed by atoms with E-state index in [1.54, 1.807) is 11.8 Å². The number of benzene rings is 1. The van der Waals surface area contributed by atoms with Crippen molar-refractivity contribution in [1.29, 1.82) is 0 Å². The predicted molar refractivity (Wildman–Crippen MR) is 64.6 cm³/mol. The van der Waals surface area contributed by atoms with Gasteiger partial charge in [0.05, 0.1) is 0 Å². The molecule has 0 fully saturated rings. The first kappa shape index (κ1) is 6.21. The van der Waals surface area contributed by atoms with Gasteiger partial charge in [0, 0.05) is 21.2 Å². The number of allylic oxidation sites excluding steroid dienone is 2. The molecule has 1 aliphatic heterocycles. The summed E-state index contributed by atoms with van der Waals surface area (Å²) in [7, 11) is 0. The average Bonchev–Trinajstić information content (AvgIpc) is 2.54. The van der Waals surface area contributed by atoms with Crippen molar-refractivity contribution < 1.29 is 5.52 Å². The van der Waals surface area contributed by atoms with Crippen molar-refractivity contribution in [2.24, 2.45) is 0 Å². The van der Waals surface area contributed by atoms with Crippen molar-refractivity contribution in [2.75, 3.05) is 4.90 Å². The van der Waals surface area contributed by atoms with Crippen LogP contribution in [0.5, 0.6) is 0 Å². The summed E-state index contributed by atoms with van der Waals surface area (Å²) in [5, 5.41) is 1.09. The van der Waals surface area contributed by atoms with Crippen LogP contribution in [0.2, 0.25) is 1.41 Å². The van der Waals surface area contributed by atoms with Crippen LogP contribution in [0, 0.1) is 6.92 Å². The fourth-order valence-corrected chi connectivity index (χ4v) is 1.84. The Morgan fingerprint density at radius 2 is 2.07 bits per heavy atom. The van der Waals surface area contributed by atoms with Gasteiger partial charge in [-0.15, -0.1) is 0 Å². The molecule has 0 saturated carbocycles. The lowest BCUT2D eigenvalue weighted by Gasteiger charge is -2.26. The lowest BCUT2D eigenvalue weighted by Crippen LogP contribution is -2.34. The third kappa shape index (κ3) is 1.60. The van der Waals surface area contributed by atoms with Gasteiger partial charge in [-0.1, -0.05) is 18.2 Å². The molecule has 1 atom stereocenters. The van der Waals surface area contributed by atoms with Crippen LogP contribution in [0.15, 0.2) is 35.7 Å². The van der Waals surface area contributed by atoms with E-state index in [0.717, 1.165) is 22.3 Å². The van der Waals surface area contributed by atoms with Gasteiger partial charge in [0.25, 0.3) is 0 Å². The van der Waals surface area contributed by atoms with E-state index in [-0.39, 0.29) is 0 Å². The Hall–Kier alpha value is -1.44. The molecule has 2 heteroatoms. The van der Waals surface area contributed by atoms with E-state index in [2.05, 4.69) is 0 Å². The van der Waals surface area contributed by atoms with Gasteiger partial charge < -0.3 is 10.2 Å². The molecule has 1 aliphatic rings. The SMILES string of the molecule is [2H]N1C(C)=C(C)N(c2ccccc2C)C1C([2H])([2H])[2H]. The largest absolute Gasteiger partial charge is 0.367 e. The quantitative estimate of drug-likeness (QED) is 0.760. The van der Waals surface area contributed by atoms with Gasteiger partial charge in [-0.2, -0.15) is 0 Å². The van der Waals surface area contributed by atoms with Gasteiger partial charge in [0.15, 0.2) is 1.41 Å². The zero-order chi connectivity index (χ0) is 14.4. The molecule has 1 N–H and O–H groups in total. The monoisotopic (exact) mass is 206 g/mol. The second kappa shape index (κ2) is 3.61. The van der Waals surface area contributed by atoms with Crippen molar-refractivity contribution in [2.45, 2.75) is 33.8 Å². The first-order valence-corrected chi connectivity index (χ1v) is 5.05. The molecule has 0 bridgehead atoms. The minimum absolute atomic E-state index is 0.671. The molecule has 1 heterocycles. The van der Waals surface area contributed by atoms with Crippen LogP contribution in [-0.4, -0.2) is 6.17 Å². The van der Waals surface area contributed by atoms with Gasteiger partial charge in [-0.25, -0.2) is 0 Å². The van der Waals surface area contributed by atoms with E-state index < -0.39 is 13.0 Å². The Kier molecular flexibility index (Phi) is 1.49. The van der Waals surface area contributed by atoms with E-state index >= 15 is 0 Å². The van der Waals surface area contributed by atoms with Gasteiger partial charge in [0.2, 0.25) is 0 Å². The zero-order valence-electron chi connectivity index (χ0n) is 13.3. The molecule has 0 radical (unpaired) electrons. The van der Waals surface area contributed by atoms with E-state index in [9.17, 15) is 0 Å². The fraction of sp³-hybridized carbons (Fsp3) is 0.385. The summed E-state index contributed by atoms with van der Waals surface area (Å²) in [5.41, 5.74) is 3.32. The smallest absolute Gasteiger partial charge is 0.162 e. The molecular weight excluding hydrogens is 184 g/mol. The van der Waals surface area contributed by atoms with Crippen LogP contribution in [-0.2, 0) is 0 Å². The molecule has 80 valence electrons. The van der Waals surface area contributed by atoms with Crippen molar-refractivity contribution in [3.05, 3.63) is 41.2 Å². The van der Waals surface area contributed by atoms with Crippen LogP contribution in [0.1, 0.15) is 30.4 Å². The molecule has 0 saturated heterocycles. The summed E-state index contributed by atoms with van der Waals surface area (Å²) in [6.45, 7) is 3.33. The minimum atomic E-state index is -2.25. The highest BCUT2D eigenvalue weighted by Crippen LogP contribution is 2.29.